The molecular formula is C23H18Cl4N2O6. The van der Waals surface area contributed by atoms with Gasteiger partial charge in [0.2, 0.25) is 0 Å². The van der Waals surface area contributed by atoms with E-state index in [-0.39, 0.29) is 37.0 Å². The third-order valence-electron chi connectivity index (χ3n) is 5.18. The summed E-state index contributed by atoms with van der Waals surface area (Å²) in [6, 6.07) is 4.82. The molecule has 35 heavy (non-hydrogen) atoms. The summed E-state index contributed by atoms with van der Waals surface area (Å²) in [6.07, 6.45) is 0. The van der Waals surface area contributed by atoms with Crippen molar-refractivity contribution >= 4 is 81.6 Å². The quantitative estimate of drug-likeness (QED) is 0.162. The molecule has 0 fully saturated rings. The predicted molar refractivity (Wildman–Crippen MR) is 132 cm³/mol. The molecule has 0 aromatic heterocycles. The van der Waals surface area contributed by atoms with Crippen LogP contribution in [0.4, 0.5) is 5.69 Å². The van der Waals surface area contributed by atoms with Crippen molar-refractivity contribution in [1.29, 1.82) is 0 Å². The summed E-state index contributed by atoms with van der Waals surface area (Å²) >= 11 is 24.4. The molecule has 2 aromatic rings. The summed E-state index contributed by atoms with van der Waals surface area (Å²) in [6.45, 7) is 3.86. The van der Waals surface area contributed by atoms with Crippen molar-refractivity contribution in [2.75, 3.05) is 11.9 Å². The molecule has 0 radical (unpaired) electrons. The maximum Gasteiger partial charge on any atom is 0.330 e. The van der Waals surface area contributed by atoms with Gasteiger partial charge in [0, 0.05) is 11.3 Å². The average molecular weight is 560 g/mol. The van der Waals surface area contributed by atoms with E-state index in [0.29, 0.717) is 16.2 Å². The van der Waals surface area contributed by atoms with E-state index in [0.717, 1.165) is 0 Å². The van der Waals surface area contributed by atoms with E-state index < -0.39 is 42.3 Å². The third-order valence-corrected chi connectivity index (χ3v) is 6.98. The van der Waals surface area contributed by atoms with Gasteiger partial charge < -0.3 is 10.1 Å². The SMILES string of the molecule is CC(=O)c1cccc(NC(=O)COC(=O)[C@H](C(C)C)N2C(=O)c3c(Cl)c(Cl)c(Cl)c(Cl)c3C2=O)c1. The van der Waals surface area contributed by atoms with Gasteiger partial charge in [-0.05, 0) is 25.0 Å². The van der Waals surface area contributed by atoms with Crippen molar-refractivity contribution in [2.24, 2.45) is 5.92 Å². The molecule has 8 nitrogen and oxygen atoms in total. The van der Waals surface area contributed by atoms with Crippen LogP contribution < -0.4 is 5.32 Å². The van der Waals surface area contributed by atoms with E-state index in [2.05, 4.69) is 5.32 Å². The van der Waals surface area contributed by atoms with Gasteiger partial charge in [-0.25, -0.2) is 4.79 Å². The second kappa shape index (κ2) is 10.5. The minimum Gasteiger partial charge on any atom is -0.454 e. The first-order valence-corrected chi connectivity index (χ1v) is 11.7. The molecule has 1 aliphatic rings. The number of hydrogen-bond acceptors (Lipinski definition) is 6. The van der Waals surface area contributed by atoms with Crippen molar-refractivity contribution in [3.8, 4) is 0 Å². The molecule has 1 heterocycles. The first-order chi connectivity index (χ1) is 16.4. The lowest BCUT2D eigenvalue weighted by Gasteiger charge is -2.27. The van der Waals surface area contributed by atoms with Gasteiger partial charge in [-0.15, -0.1) is 0 Å². The number of nitrogens with zero attached hydrogens (tertiary/aromatic N) is 1. The van der Waals surface area contributed by atoms with Crippen molar-refractivity contribution in [3.63, 3.8) is 0 Å². The van der Waals surface area contributed by atoms with Gasteiger partial charge in [-0.1, -0.05) is 72.4 Å². The Morgan fingerprint density at radius 1 is 0.943 bits per heavy atom. The maximum absolute atomic E-state index is 13.1. The average Bonchev–Trinajstić information content (AvgIpc) is 3.05. The molecule has 0 spiro atoms. The molecule has 1 atom stereocenters. The lowest BCUT2D eigenvalue weighted by Crippen LogP contribution is -2.49. The minimum atomic E-state index is -1.39. The summed E-state index contributed by atoms with van der Waals surface area (Å²) in [4.78, 5) is 63.6. The molecule has 184 valence electrons. The molecule has 3 amide bonds. The second-order valence-corrected chi connectivity index (χ2v) is 9.48. The number of ketones is 1. The van der Waals surface area contributed by atoms with Crippen molar-refractivity contribution < 1.29 is 28.7 Å². The molecule has 12 heteroatoms. The van der Waals surface area contributed by atoms with Crippen LogP contribution in [-0.4, -0.2) is 47.0 Å². The number of benzene rings is 2. The highest BCUT2D eigenvalue weighted by Crippen LogP contribution is 2.45. The van der Waals surface area contributed by atoms with Gasteiger partial charge >= 0.3 is 5.97 Å². The highest BCUT2D eigenvalue weighted by molar-refractivity contribution is 6.55. The van der Waals surface area contributed by atoms with Crippen LogP contribution in [0.3, 0.4) is 0 Å². The zero-order chi connectivity index (χ0) is 26.2. The monoisotopic (exact) mass is 558 g/mol. The number of nitrogens with one attached hydrogen (secondary N) is 1. The van der Waals surface area contributed by atoms with E-state index in [9.17, 15) is 24.0 Å². The highest BCUT2D eigenvalue weighted by Gasteiger charge is 2.48. The van der Waals surface area contributed by atoms with Crippen LogP contribution in [0, 0.1) is 5.92 Å². The van der Waals surface area contributed by atoms with E-state index >= 15 is 0 Å². The lowest BCUT2D eigenvalue weighted by atomic mass is 10.0. The number of amides is 3. The molecule has 2 aromatic carbocycles. The number of carbonyl (C=O) groups excluding carboxylic acids is 5. The lowest BCUT2D eigenvalue weighted by molar-refractivity contribution is -0.152. The van der Waals surface area contributed by atoms with Crippen molar-refractivity contribution in [3.05, 3.63) is 61.0 Å². The number of hydrogen-bond donors (Lipinski definition) is 1. The number of esters is 1. The van der Waals surface area contributed by atoms with Crippen molar-refractivity contribution in [2.45, 2.75) is 26.8 Å². The number of fused-ring (bicyclic) bond motifs is 1. The second-order valence-electron chi connectivity index (χ2n) is 7.97. The Kier molecular flexibility index (Phi) is 8.11. The van der Waals surface area contributed by atoms with E-state index in [4.69, 9.17) is 51.1 Å². The molecule has 0 aliphatic carbocycles. The standard InChI is InChI=1S/C23H18Cl4N2O6/c1-9(2)20(23(34)35-8-13(31)28-12-6-4-5-11(7-12)10(3)30)29-21(32)14-15(22(29)33)17(25)19(27)18(26)16(14)24/h4-7,9,20H,8H2,1-3H3,(H,28,31)/t20-/m0/s1. The van der Waals surface area contributed by atoms with E-state index in [1.165, 1.54) is 13.0 Å². The normalized spacial score (nSPS) is 13.7. The molecule has 1 aliphatic heterocycles. The minimum absolute atomic E-state index is 0.184. The predicted octanol–water partition coefficient (Wildman–Crippen LogP) is 5.31. The molecular weight excluding hydrogens is 542 g/mol. The zero-order valence-electron chi connectivity index (χ0n) is 18.6. The number of imide groups is 1. The van der Waals surface area contributed by atoms with Gasteiger partial charge in [0.1, 0.15) is 6.04 Å². The fourth-order valence-corrected chi connectivity index (χ4v) is 4.54. The van der Waals surface area contributed by atoms with Gasteiger partial charge in [-0.2, -0.15) is 0 Å². The van der Waals surface area contributed by atoms with Crippen LogP contribution in [0.1, 0.15) is 51.8 Å². The Morgan fingerprint density at radius 3 is 1.97 bits per heavy atom. The van der Waals surface area contributed by atoms with Crippen LogP contribution in [0.15, 0.2) is 24.3 Å². The Labute approximate surface area is 220 Å². The van der Waals surface area contributed by atoms with Crippen LogP contribution >= 0.6 is 46.4 Å². The maximum atomic E-state index is 13.1. The Morgan fingerprint density at radius 2 is 1.49 bits per heavy atom. The van der Waals surface area contributed by atoms with Gasteiger partial charge in [0.05, 0.1) is 31.2 Å². The Balaban J connectivity index is 1.79. The van der Waals surface area contributed by atoms with Crippen LogP contribution in [-0.2, 0) is 14.3 Å². The number of anilines is 1. The fraction of sp³-hybridized carbons (Fsp3) is 0.261. The number of carbonyl (C=O) groups is 5. The summed E-state index contributed by atoms with van der Waals surface area (Å²) in [5, 5.41) is 1.58. The summed E-state index contributed by atoms with van der Waals surface area (Å²) in [5.41, 5.74) is 0.190. The molecule has 0 unspecified atom stereocenters. The zero-order valence-corrected chi connectivity index (χ0v) is 21.6. The fourth-order valence-electron chi connectivity index (χ4n) is 3.53. The first-order valence-electron chi connectivity index (χ1n) is 10.2. The smallest absolute Gasteiger partial charge is 0.330 e. The molecule has 3 rings (SSSR count). The molecule has 1 N–H and O–H groups in total. The summed E-state index contributed by atoms with van der Waals surface area (Å²) < 4.78 is 5.11. The molecule has 0 saturated heterocycles. The number of ether oxygens (including phenoxy) is 1. The Hall–Kier alpha value is -2.65. The highest BCUT2D eigenvalue weighted by atomic mass is 35.5. The number of halogens is 4. The summed E-state index contributed by atoms with van der Waals surface area (Å²) in [7, 11) is 0. The molecule has 0 bridgehead atoms. The largest absolute Gasteiger partial charge is 0.454 e. The van der Waals surface area contributed by atoms with Crippen LogP contribution in [0.5, 0.6) is 0 Å². The summed E-state index contributed by atoms with van der Waals surface area (Å²) in [5.74, 6) is -4.24. The van der Waals surface area contributed by atoms with E-state index in [1.54, 1.807) is 32.0 Å². The number of rotatable bonds is 7. The van der Waals surface area contributed by atoms with Crippen LogP contribution in [0.2, 0.25) is 20.1 Å². The number of Topliss-reactive ketones (excluding diaryl/α,β-unsaturated/α-hetero) is 1. The van der Waals surface area contributed by atoms with Gasteiger partial charge in [-0.3, -0.25) is 24.1 Å². The first kappa shape index (κ1) is 26.9. The van der Waals surface area contributed by atoms with Crippen molar-refractivity contribution in [1.82, 2.24) is 4.90 Å². The van der Waals surface area contributed by atoms with Crippen LogP contribution in [0.25, 0.3) is 0 Å². The van der Waals surface area contributed by atoms with Gasteiger partial charge in [0.25, 0.3) is 17.7 Å². The Bertz CT molecular complexity index is 1230. The molecule has 0 saturated carbocycles. The van der Waals surface area contributed by atoms with E-state index in [1.807, 2.05) is 0 Å². The van der Waals surface area contributed by atoms with Gasteiger partial charge in [0.15, 0.2) is 12.4 Å². The topological polar surface area (TPSA) is 110 Å². The third kappa shape index (κ3) is 5.16.